The van der Waals surface area contributed by atoms with Crippen molar-refractivity contribution < 1.29 is 14.0 Å². The Balaban J connectivity index is 1.61. The third-order valence-corrected chi connectivity index (χ3v) is 7.54. The molecule has 2 aliphatic heterocycles. The third-order valence-electron chi connectivity index (χ3n) is 6.12. The van der Waals surface area contributed by atoms with Crippen LogP contribution in [0.25, 0.3) is 0 Å². The predicted molar refractivity (Wildman–Crippen MR) is 125 cm³/mol. The largest absolute Gasteiger partial charge is 0.311 e. The minimum Gasteiger partial charge on any atom is -0.311 e. The van der Waals surface area contributed by atoms with Gasteiger partial charge in [-0.15, -0.1) is 11.8 Å². The van der Waals surface area contributed by atoms with E-state index in [1.165, 1.54) is 23.9 Å². The van der Waals surface area contributed by atoms with Gasteiger partial charge in [0.05, 0.1) is 17.8 Å². The third kappa shape index (κ3) is 3.13. The van der Waals surface area contributed by atoms with E-state index in [0.29, 0.717) is 18.8 Å². The van der Waals surface area contributed by atoms with Crippen LogP contribution in [0, 0.1) is 19.7 Å². The molecule has 2 aliphatic rings. The molecule has 3 aromatic carbocycles. The molecule has 2 amide bonds. The second-order valence-corrected chi connectivity index (χ2v) is 9.62. The fourth-order valence-corrected chi connectivity index (χ4v) is 6.11. The normalized spacial score (nSPS) is 19.7. The summed E-state index contributed by atoms with van der Waals surface area (Å²) < 4.78 is 14.5. The van der Waals surface area contributed by atoms with Crippen LogP contribution in [-0.4, -0.2) is 29.0 Å². The fraction of sp³-hybridized carbons (Fsp3) is 0.231. The summed E-state index contributed by atoms with van der Waals surface area (Å²) in [6.07, 6.45) is 0. The Morgan fingerprint density at radius 2 is 1.81 bits per heavy atom. The Labute approximate surface area is 191 Å². The molecule has 0 aliphatic carbocycles. The topological polar surface area (TPSA) is 40.6 Å². The second kappa shape index (κ2) is 7.78. The summed E-state index contributed by atoms with van der Waals surface area (Å²) >= 11 is 1.46. The SMILES string of the molecule is Cc1cccc(CN2C(=O)[C@]3(SCCN3C(=O)c3ccccc3F)c3cc(C)ccc32)c1. The highest BCUT2D eigenvalue weighted by Crippen LogP contribution is 2.55. The standard InChI is InChI=1S/C26H23FN2O2S/c1-17-6-5-7-19(14-17)16-28-23-11-10-18(2)15-21(23)26(25(28)31)29(12-13-32-26)24(30)20-8-3-4-9-22(20)27/h3-11,14-15H,12-13,16H2,1-2H3/t26-/m1/s1. The molecule has 4 nitrogen and oxygen atoms in total. The summed E-state index contributed by atoms with van der Waals surface area (Å²) in [4.78, 5) is 29.7. The first kappa shape index (κ1) is 20.8. The molecule has 2 heterocycles. The van der Waals surface area contributed by atoms with Crippen molar-refractivity contribution in [3.63, 3.8) is 0 Å². The first-order valence-electron chi connectivity index (χ1n) is 10.6. The maximum atomic E-state index is 14.5. The number of hydrogen-bond donors (Lipinski definition) is 0. The van der Waals surface area contributed by atoms with Crippen LogP contribution in [0.1, 0.15) is 32.6 Å². The number of rotatable bonds is 3. The first-order valence-corrected chi connectivity index (χ1v) is 11.6. The minimum atomic E-state index is -1.18. The van der Waals surface area contributed by atoms with E-state index >= 15 is 0 Å². The number of aryl methyl sites for hydroxylation is 2. The molecule has 0 radical (unpaired) electrons. The highest BCUT2D eigenvalue weighted by Gasteiger charge is 2.59. The number of benzene rings is 3. The van der Waals surface area contributed by atoms with Crippen LogP contribution in [0.4, 0.5) is 10.1 Å². The van der Waals surface area contributed by atoms with Gasteiger partial charge in [0.25, 0.3) is 11.8 Å². The lowest BCUT2D eigenvalue weighted by atomic mass is 10.0. The van der Waals surface area contributed by atoms with Crippen LogP contribution in [0.15, 0.2) is 66.7 Å². The maximum Gasteiger partial charge on any atom is 0.268 e. The van der Waals surface area contributed by atoms with Gasteiger partial charge in [0.2, 0.25) is 0 Å². The number of carbonyl (C=O) groups excluding carboxylic acids is 2. The van der Waals surface area contributed by atoms with Crippen molar-refractivity contribution in [3.8, 4) is 0 Å². The van der Waals surface area contributed by atoms with Gasteiger partial charge in [-0.1, -0.05) is 59.7 Å². The highest BCUT2D eigenvalue weighted by atomic mass is 32.2. The molecule has 0 N–H and O–H groups in total. The molecular weight excluding hydrogens is 423 g/mol. The zero-order valence-corrected chi connectivity index (χ0v) is 18.8. The Morgan fingerprint density at radius 3 is 2.59 bits per heavy atom. The fourth-order valence-electron chi connectivity index (χ4n) is 4.66. The van der Waals surface area contributed by atoms with Crippen molar-refractivity contribution >= 4 is 29.3 Å². The van der Waals surface area contributed by atoms with E-state index in [9.17, 15) is 14.0 Å². The summed E-state index contributed by atoms with van der Waals surface area (Å²) in [5, 5.41) is 0. The van der Waals surface area contributed by atoms with Gasteiger partial charge in [0.1, 0.15) is 5.82 Å². The van der Waals surface area contributed by atoms with Gasteiger partial charge in [-0.25, -0.2) is 4.39 Å². The molecular formula is C26H23FN2O2S. The summed E-state index contributed by atoms with van der Waals surface area (Å²) in [6.45, 7) is 4.80. The van der Waals surface area contributed by atoms with Crippen LogP contribution in [-0.2, 0) is 16.2 Å². The van der Waals surface area contributed by atoms with E-state index in [1.807, 2.05) is 50.2 Å². The molecule has 1 saturated heterocycles. The number of fused-ring (bicyclic) bond motifs is 2. The zero-order valence-electron chi connectivity index (χ0n) is 18.0. The Bertz CT molecular complexity index is 1240. The number of thioether (sulfide) groups is 1. The predicted octanol–water partition coefficient (Wildman–Crippen LogP) is 5.03. The van der Waals surface area contributed by atoms with Crippen molar-refractivity contribution in [2.75, 3.05) is 17.2 Å². The van der Waals surface area contributed by atoms with Gasteiger partial charge in [-0.05, 0) is 37.6 Å². The molecule has 0 bridgehead atoms. The lowest BCUT2D eigenvalue weighted by molar-refractivity contribution is -0.123. The van der Waals surface area contributed by atoms with Gasteiger partial charge in [-0.3, -0.25) is 9.59 Å². The van der Waals surface area contributed by atoms with Crippen molar-refractivity contribution in [2.24, 2.45) is 0 Å². The Kier molecular flexibility index (Phi) is 5.05. The molecule has 162 valence electrons. The number of hydrogen-bond acceptors (Lipinski definition) is 3. The van der Waals surface area contributed by atoms with Crippen LogP contribution in [0.2, 0.25) is 0 Å². The van der Waals surface area contributed by atoms with Gasteiger partial charge >= 0.3 is 0 Å². The number of amides is 2. The van der Waals surface area contributed by atoms with Crippen molar-refractivity contribution in [1.82, 2.24) is 4.90 Å². The highest BCUT2D eigenvalue weighted by molar-refractivity contribution is 8.01. The summed E-state index contributed by atoms with van der Waals surface area (Å²) in [7, 11) is 0. The van der Waals surface area contributed by atoms with E-state index in [2.05, 4.69) is 6.07 Å². The van der Waals surface area contributed by atoms with E-state index in [0.717, 1.165) is 27.9 Å². The molecule has 0 saturated carbocycles. The van der Waals surface area contributed by atoms with Crippen molar-refractivity contribution in [1.29, 1.82) is 0 Å². The average Bonchev–Trinajstić information content (AvgIpc) is 3.31. The van der Waals surface area contributed by atoms with Crippen LogP contribution in [0.3, 0.4) is 0 Å². The zero-order chi connectivity index (χ0) is 22.5. The molecule has 5 rings (SSSR count). The first-order chi connectivity index (χ1) is 15.4. The van der Waals surface area contributed by atoms with E-state index < -0.39 is 16.6 Å². The summed E-state index contributed by atoms with van der Waals surface area (Å²) in [5.74, 6) is -0.563. The van der Waals surface area contributed by atoms with E-state index in [-0.39, 0.29) is 11.5 Å². The minimum absolute atomic E-state index is 0.00601. The summed E-state index contributed by atoms with van der Waals surface area (Å²) in [5.41, 5.74) is 4.77. The smallest absolute Gasteiger partial charge is 0.268 e. The van der Waals surface area contributed by atoms with Crippen LogP contribution < -0.4 is 4.90 Å². The molecule has 0 aromatic heterocycles. The lowest BCUT2D eigenvalue weighted by Gasteiger charge is -2.33. The molecule has 0 unspecified atom stereocenters. The molecule has 32 heavy (non-hydrogen) atoms. The Morgan fingerprint density at radius 1 is 1.03 bits per heavy atom. The molecule has 3 aromatic rings. The molecule has 1 fully saturated rings. The van der Waals surface area contributed by atoms with Gasteiger partial charge in [0.15, 0.2) is 4.87 Å². The molecule has 1 atom stereocenters. The number of anilines is 1. The summed E-state index contributed by atoms with van der Waals surface area (Å²) in [6, 6.07) is 20.0. The van der Waals surface area contributed by atoms with Gasteiger partial charge < -0.3 is 9.80 Å². The monoisotopic (exact) mass is 446 g/mol. The quantitative estimate of drug-likeness (QED) is 0.567. The molecule has 6 heteroatoms. The van der Waals surface area contributed by atoms with Crippen molar-refractivity contribution in [3.05, 3.63) is 100 Å². The van der Waals surface area contributed by atoms with E-state index in [4.69, 9.17) is 0 Å². The lowest BCUT2D eigenvalue weighted by Crippen LogP contribution is -2.50. The van der Waals surface area contributed by atoms with Gasteiger partial charge in [-0.2, -0.15) is 0 Å². The van der Waals surface area contributed by atoms with Crippen LogP contribution >= 0.6 is 11.8 Å². The second-order valence-electron chi connectivity index (χ2n) is 8.33. The number of carbonyl (C=O) groups is 2. The van der Waals surface area contributed by atoms with Crippen LogP contribution in [0.5, 0.6) is 0 Å². The average molecular weight is 447 g/mol. The Hall–Kier alpha value is -3.12. The van der Waals surface area contributed by atoms with Gasteiger partial charge in [0, 0.05) is 17.9 Å². The maximum absolute atomic E-state index is 14.5. The van der Waals surface area contributed by atoms with E-state index in [1.54, 1.807) is 21.9 Å². The van der Waals surface area contributed by atoms with Crippen molar-refractivity contribution in [2.45, 2.75) is 25.3 Å². The number of nitrogens with zero attached hydrogens (tertiary/aromatic N) is 2. The molecule has 1 spiro atoms. The number of halogens is 1.